The topological polar surface area (TPSA) is 67.3 Å². The third kappa shape index (κ3) is 5.18. The number of nitrogens with one attached hydrogen (secondary N) is 1. The minimum atomic E-state index is -4.47. The van der Waals surface area contributed by atoms with E-state index in [1.54, 1.807) is 16.3 Å². The second-order valence-corrected chi connectivity index (χ2v) is 8.19. The smallest absolute Gasteiger partial charge is 0.433 e. The normalized spacial score (nSPS) is 17.2. The van der Waals surface area contributed by atoms with Gasteiger partial charge in [-0.3, -0.25) is 4.79 Å². The minimum absolute atomic E-state index is 0.152. The van der Waals surface area contributed by atoms with E-state index in [1.165, 1.54) is 23.8 Å². The van der Waals surface area contributed by atoms with E-state index in [0.29, 0.717) is 36.6 Å². The van der Waals surface area contributed by atoms with Gasteiger partial charge in [0.05, 0.1) is 24.3 Å². The highest BCUT2D eigenvalue weighted by Gasteiger charge is 2.33. The SMILES string of the molecule is C[C@H](NC(=O)c1cnsc1)c1ccc(OC2CCN(c3cccc(C(F)(F)F)n3)C2)cc1. The van der Waals surface area contributed by atoms with E-state index in [1.807, 2.05) is 31.2 Å². The zero-order chi connectivity index (χ0) is 22.7. The fourth-order valence-corrected chi connectivity index (χ4v) is 4.01. The fraction of sp³-hybridized carbons (Fsp3) is 0.318. The Morgan fingerprint density at radius 1 is 1.25 bits per heavy atom. The number of benzene rings is 1. The highest BCUT2D eigenvalue weighted by molar-refractivity contribution is 7.03. The molecule has 1 aromatic carbocycles. The lowest BCUT2D eigenvalue weighted by molar-refractivity contribution is -0.141. The molecule has 1 fully saturated rings. The molecule has 1 N–H and O–H groups in total. The number of carbonyl (C=O) groups is 1. The molecule has 1 saturated heterocycles. The lowest BCUT2D eigenvalue weighted by Crippen LogP contribution is -2.26. The number of halogens is 3. The van der Waals surface area contributed by atoms with E-state index < -0.39 is 11.9 Å². The van der Waals surface area contributed by atoms with Gasteiger partial charge in [0.1, 0.15) is 23.4 Å². The van der Waals surface area contributed by atoms with Crippen molar-refractivity contribution in [2.75, 3.05) is 18.0 Å². The molecule has 32 heavy (non-hydrogen) atoms. The summed E-state index contributed by atoms with van der Waals surface area (Å²) in [5, 5.41) is 4.62. The van der Waals surface area contributed by atoms with Crippen molar-refractivity contribution >= 4 is 23.3 Å². The van der Waals surface area contributed by atoms with Gasteiger partial charge < -0.3 is 15.0 Å². The molecule has 0 radical (unpaired) electrons. The van der Waals surface area contributed by atoms with Gasteiger partial charge in [-0.2, -0.15) is 13.2 Å². The first-order valence-corrected chi connectivity index (χ1v) is 10.9. The quantitative estimate of drug-likeness (QED) is 0.575. The summed E-state index contributed by atoms with van der Waals surface area (Å²) in [7, 11) is 0. The molecule has 3 heterocycles. The number of carbonyl (C=O) groups excluding carboxylic acids is 1. The number of amides is 1. The van der Waals surface area contributed by atoms with E-state index in [9.17, 15) is 18.0 Å². The van der Waals surface area contributed by atoms with Gasteiger partial charge in [-0.1, -0.05) is 18.2 Å². The minimum Gasteiger partial charge on any atom is -0.489 e. The molecule has 10 heteroatoms. The van der Waals surface area contributed by atoms with Crippen LogP contribution in [0.25, 0.3) is 0 Å². The van der Waals surface area contributed by atoms with Crippen molar-refractivity contribution in [2.45, 2.75) is 31.7 Å². The second-order valence-electron chi connectivity index (χ2n) is 7.53. The van der Waals surface area contributed by atoms with Gasteiger partial charge in [-0.25, -0.2) is 9.36 Å². The van der Waals surface area contributed by atoms with Crippen molar-refractivity contribution in [3.8, 4) is 5.75 Å². The lowest BCUT2D eigenvalue weighted by Gasteiger charge is -2.19. The Morgan fingerprint density at radius 2 is 2.03 bits per heavy atom. The molecule has 1 aliphatic heterocycles. The molecule has 6 nitrogen and oxygen atoms in total. The summed E-state index contributed by atoms with van der Waals surface area (Å²) in [6.45, 7) is 2.92. The van der Waals surface area contributed by atoms with Gasteiger partial charge in [0.25, 0.3) is 5.91 Å². The summed E-state index contributed by atoms with van der Waals surface area (Å²) in [4.78, 5) is 17.7. The third-order valence-corrected chi connectivity index (χ3v) is 5.81. The van der Waals surface area contributed by atoms with Crippen molar-refractivity contribution < 1.29 is 22.7 Å². The van der Waals surface area contributed by atoms with Crippen molar-refractivity contribution in [2.24, 2.45) is 0 Å². The van der Waals surface area contributed by atoms with Crippen molar-refractivity contribution in [1.82, 2.24) is 14.7 Å². The van der Waals surface area contributed by atoms with Crippen LogP contribution >= 0.6 is 11.5 Å². The number of nitrogens with zero attached hydrogens (tertiary/aromatic N) is 3. The number of hydrogen-bond acceptors (Lipinski definition) is 6. The molecule has 4 rings (SSSR count). The predicted octanol–water partition coefficient (Wildman–Crippen LogP) is 4.71. The van der Waals surface area contributed by atoms with Crippen LogP contribution < -0.4 is 15.0 Å². The molecular formula is C22H21F3N4O2S. The number of hydrogen-bond donors (Lipinski definition) is 1. The van der Waals surface area contributed by atoms with Gasteiger partial charge in [-0.05, 0) is 48.3 Å². The fourth-order valence-electron chi connectivity index (χ4n) is 3.50. The van der Waals surface area contributed by atoms with Crippen LogP contribution in [0.3, 0.4) is 0 Å². The Hall–Kier alpha value is -3.14. The molecule has 2 aromatic heterocycles. The van der Waals surface area contributed by atoms with Crippen molar-refractivity contribution in [3.63, 3.8) is 0 Å². The lowest BCUT2D eigenvalue weighted by atomic mass is 10.1. The van der Waals surface area contributed by atoms with E-state index in [2.05, 4.69) is 14.7 Å². The van der Waals surface area contributed by atoms with E-state index >= 15 is 0 Å². The first kappa shape index (κ1) is 22.1. The summed E-state index contributed by atoms with van der Waals surface area (Å²) < 4.78 is 48.7. The summed E-state index contributed by atoms with van der Waals surface area (Å²) in [5.74, 6) is 0.783. The molecule has 3 aromatic rings. The Kier molecular flexibility index (Phi) is 6.31. The molecule has 1 aliphatic rings. The van der Waals surface area contributed by atoms with Gasteiger partial charge in [0, 0.05) is 18.3 Å². The van der Waals surface area contributed by atoms with Gasteiger partial charge in [-0.15, -0.1) is 0 Å². The summed E-state index contributed by atoms with van der Waals surface area (Å²) in [6.07, 6.45) is -2.41. The van der Waals surface area contributed by atoms with Crippen LogP contribution in [0.5, 0.6) is 5.75 Å². The second kappa shape index (κ2) is 9.15. The van der Waals surface area contributed by atoms with Gasteiger partial charge >= 0.3 is 6.18 Å². The van der Waals surface area contributed by atoms with Crippen LogP contribution in [0, 0.1) is 0 Å². The van der Waals surface area contributed by atoms with Crippen molar-refractivity contribution in [3.05, 3.63) is 70.9 Å². The first-order chi connectivity index (χ1) is 15.3. The molecule has 0 saturated carbocycles. The average Bonchev–Trinajstić information content (AvgIpc) is 3.46. The Balaban J connectivity index is 1.33. The van der Waals surface area contributed by atoms with Crippen LogP contribution in [-0.2, 0) is 6.18 Å². The first-order valence-electron chi connectivity index (χ1n) is 10.1. The maximum atomic E-state index is 12.9. The van der Waals surface area contributed by atoms with Crippen LogP contribution in [0.2, 0.25) is 0 Å². The van der Waals surface area contributed by atoms with Crippen LogP contribution in [0.15, 0.2) is 54.0 Å². The highest BCUT2D eigenvalue weighted by Crippen LogP contribution is 2.30. The summed E-state index contributed by atoms with van der Waals surface area (Å²) in [5.41, 5.74) is 0.560. The molecular weight excluding hydrogens is 441 g/mol. The number of pyridine rings is 1. The molecule has 1 unspecified atom stereocenters. The number of alkyl halides is 3. The van der Waals surface area contributed by atoms with Gasteiger partial charge in [0.2, 0.25) is 0 Å². The molecule has 0 spiro atoms. The molecule has 0 bridgehead atoms. The number of ether oxygens (including phenoxy) is 1. The zero-order valence-electron chi connectivity index (χ0n) is 17.2. The van der Waals surface area contributed by atoms with E-state index in [0.717, 1.165) is 11.6 Å². The maximum absolute atomic E-state index is 12.9. The monoisotopic (exact) mass is 462 g/mol. The van der Waals surface area contributed by atoms with Crippen molar-refractivity contribution in [1.29, 1.82) is 0 Å². The summed E-state index contributed by atoms with van der Waals surface area (Å²) in [6, 6.07) is 11.1. The number of anilines is 1. The van der Waals surface area contributed by atoms with E-state index in [-0.39, 0.29) is 18.1 Å². The van der Waals surface area contributed by atoms with Gasteiger partial charge in [0.15, 0.2) is 0 Å². The van der Waals surface area contributed by atoms with E-state index in [4.69, 9.17) is 4.74 Å². The number of rotatable bonds is 6. The average molecular weight is 462 g/mol. The Labute approximate surface area is 187 Å². The third-order valence-electron chi connectivity index (χ3n) is 5.22. The van der Waals surface area contributed by atoms with Crippen LogP contribution in [-0.4, -0.2) is 34.5 Å². The Bertz CT molecular complexity index is 1060. The maximum Gasteiger partial charge on any atom is 0.433 e. The molecule has 2 atom stereocenters. The Morgan fingerprint density at radius 3 is 2.72 bits per heavy atom. The number of aromatic nitrogens is 2. The molecule has 0 aliphatic carbocycles. The highest BCUT2D eigenvalue weighted by atomic mass is 32.1. The van der Waals surface area contributed by atoms with Crippen LogP contribution in [0.4, 0.5) is 19.0 Å². The van der Waals surface area contributed by atoms with Crippen LogP contribution in [0.1, 0.15) is 41.0 Å². The molecule has 1 amide bonds. The largest absolute Gasteiger partial charge is 0.489 e. The summed E-state index contributed by atoms with van der Waals surface area (Å²) >= 11 is 1.22. The predicted molar refractivity (Wildman–Crippen MR) is 115 cm³/mol. The molecule has 168 valence electrons. The standard InChI is InChI=1S/C22H21F3N4O2S/c1-14(27-21(30)16-11-26-32-13-16)15-5-7-17(8-6-15)31-18-9-10-29(12-18)20-4-2-3-19(28-20)22(23,24)25/h2-8,11,13-14,18H,9-10,12H2,1H3,(H,27,30)/t14-,18?/m0/s1. The zero-order valence-corrected chi connectivity index (χ0v) is 18.0.